The molecule has 0 spiro atoms. The van der Waals surface area contributed by atoms with E-state index in [4.69, 9.17) is 9.73 Å². The first-order valence-corrected chi connectivity index (χ1v) is 10.3. The van der Waals surface area contributed by atoms with Gasteiger partial charge in [-0.25, -0.2) is 4.99 Å². The smallest absolute Gasteiger partial charge is 0.191 e. The van der Waals surface area contributed by atoms with E-state index in [0.29, 0.717) is 13.2 Å². The van der Waals surface area contributed by atoms with Gasteiger partial charge >= 0.3 is 0 Å². The number of ether oxygens (including phenoxy) is 1. The maximum Gasteiger partial charge on any atom is 0.191 e. The Morgan fingerprint density at radius 2 is 1.85 bits per heavy atom. The van der Waals surface area contributed by atoms with Crippen molar-refractivity contribution in [2.24, 2.45) is 10.4 Å². The Morgan fingerprint density at radius 3 is 2.44 bits per heavy atom. The van der Waals surface area contributed by atoms with E-state index in [9.17, 15) is 5.11 Å². The third-order valence-electron chi connectivity index (χ3n) is 5.11. The van der Waals surface area contributed by atoms with Gasteiger partial charge in [-0.05, 0) is 56.6 Å². The van der Waals surface area contributed by atoms with Gasteiger partial charge in [0.2, 0.25) is 0 Å². The molecule has 5 nitrogen and oxygen atoms in total. The van der Waals surface area contributed by atoms with Crippen LogP contribution in [0.2, 0.25) is 0 Å². The summed E-state index contributed by atoms with van der Waals surface area (Å²) in [4.78, 5) is 4.74. The number of benzene rings is 1. The number of guanidine groups is 1. The van der Waals surface area contributed by atoms with Gasteiger partial charge in [0.25, 0.3) is 0 Å². The molecule has 0 aliphatic rings. The second-order valence-electron chi connectivity index (χ2n) is 7.41. The average molecular weight is 378 g/mol. The number of rotatable bonds is 12. The molecule has 0 saturated carbocycles. The Balaban J connectivity index is 2.74. The van der Waals surface area contributed by atoms with E-state index in [1.807, 2.05) is 13.8 Å². The molecule has 1 aromatic carbocycles. The second-order valence-corrected chi connectivity index (χ2v) is 7.41. The van der Waals surface area contributed by atoms with Crippen molar-refractivity contribution >= 4 is 5.96 Å². The predicted molar refractivity (Wildman–Crippen MR) is 114 cm³/mol. The van der Waals surface area contributed by atoms with Crippen LogP contribution in [0.15, 0.2) is 29.3 Å². The number of hydrogen-bond donors (Lipinski definition) is 3. The summed E-state index contributed by atoms with van der Waals surface area (Å²) < 4.78 is 5.69. The van der Waals surface area contributed by atoms with E-state index >= 15 is 0 Å². The van der Waals surface area contributed by atoms with Crippen LogP contribution >= 0.6 is 0 Å². The topological polar surface area (TPSA) is 65.9 Å². The Bertz CT molecular complexity index is 554. The number of nitrogens with one attached hydrogen (secondary N) is 2. The summed E-state index contributed by atoms with van der Waals surface area (Å²) in [6.07, 6.45) is 3.11. The molecule has 27 heavy (non-hydrogen) atoms. The zero-order valence-electron chi connectivity index (χ0n) is 17.8. The van der Waals surface area contributed by atoms with Crippen molar-refractivity contribution in [3.8, 4) is 0 Å². The Hall–Kier alpha value is -1.59. The van der Waals surface area contributed by atoms with Crippen molar-refractivity contribution in [3.63, 3.8) is 0 Å². The van der Waals surface area contributed by atoms with Crippen molar-refractivity contribution in [3.05, 3.63) is 35.4 Å². The van der Waals surface area contributed by atoms with Crippen LogP contribution in [0.4, 0.5) is 0 Å². The zero-order chi connectivity index (χ0) is 20.1. The SMILES string of the molecule is CCNC(=NCc1cccc(COC(C)C)c1)NCC(CC)(CC)CCO. The standard InChI is InChI=1S/C22H39N3O2/c1-6-22(7-2,12-13-26)17-25-21(23-8-3)24-15-19-10-9-11-20(14-19)16-27-18(4)5/h9-11,14,18,26H,6-8,12-13,15-17H2,1-5H3,(H2,23,24,25). The van der Waals surface area contributed by atoms with E-state index in [2.05, 4.69) is 55.7 Å². The van der Waals surface area contributed by atoms with Crippen molar-refractivity contribution in [2.45, 2.75) is 73.1 Å². The molecule has 0 saturated heterocycles. The minimum atomic E-state index is 0.110. The molecular weight excluding hydrogens is 338 g/mol. The largest absolute Gasteiger partial charge is 0.396 e. The molecule has 0 amide bonds. The van der Waals surface area contributed by atoms with Crippen molar-refractivity contribution in [1.82, 2.24) is 10.6 Å². The highest BCUT2D eigenvalue weighted by Crippen LogP contribution is 2.29. The van der Waals surface area contributed by atoms with Crippen molar-refractivity contribution in [1.29, 1.82) is 0 Å². The van der Waals surface area contributed by atoms with E-state index in [-0.39, 0.29) is 18.1 Å². The number of aliphatic hydroxyl groups excluding tert-OH is 1. The fourth-order valence-corrected chi connectivity index (χ4v) is 3.04. The van der Waals surface area contributed by atoms with Crippen LogP contribution in [0.25, 0.3) is 0 Å². The second kappa shape index (κ2) is 12.7. The van der Waals surface area contributed by atoms with Crippen molar-refractivity contribution < 1.29 is 9.84 Å². The summed E-state index contributed by atoms with van der Waals surface area (Å²) >= 11 is 0. The molecule has 0 aromatic heterocycles. The minimum absolute atomic E-state index is 0.110. The van der Waals surface area contributed by atoms with E-state index in [0.717, 1.165) is 38.3 Å². The highest BCUT2D eigenvalue weighted by atomic mass is 16.5. The van der Waals surface area contributed by atoms with Crippen LogP contribution in [0.5, 0.6) is 0 Å². The summed E-state index contributed by atoms with van der Waals surface area (Å²) in [5, 5.41) is 16.2. The van der Waals surface area contributed by atoms with E-state index in [1.54, 1.807) is 0 Å². The molecule has 1 aromatic rings. The monoisotopic (exact) mass is 377 g/mol. The molecule has 3 N–H and O–H groups in total. The third kappa shape index (κ3) is 8.76. The zero-order valence-corrected chi connectivity index (χ0v) is 17.8. The molecule has 1 rings (SSSR count). The number of nitrogens with zero attached hydrogens (tertiary/aromatic N) is 1. The summed E-state index contributed by atoms with van der Waals surface area (Å²) in [7, 11) is 0. The molecule has 0 heterocycles. The Morgan fingerprint density at radius 1 is 1.15 bits per heavy atom. The number of hydrogen-bond acceptors (Lipinski definition) is 3. The summed E-state index contributed by atoms with van der Waals surface area (Å²) in [6, 6.07) is 8.40. The first-order chi connectivity index (χ1) is 13.0. The Labute approximate surface area is 165 Å². The van der Waals surface area contributed by atoms with Gasteiger partial charge in [-0.2, -0.15) is 0 Å². The van der Waals surface area contributed by atoms with Gasteiger partial charge < -0.3 is 20.5 Å². The minimum Gasteiger partial charge on any atom is -0.396 e. The maximum atomic E-state index is 9.40. The van der Waals surface area contributed by atoms with Crippen molar-refractivity contribution in [2.75, 3.05) is 19.7 Å². The lowest BCUT2D eigenvalue weighted by atomic mass is 9.79. The molecule has 5 heteroatoms. The molecule has 0 radical (unpaired) electrons. The van der Waals surface area contributed by atoms with Crippen LogP contribution in [0.1, 0.15) is 65.0 Å². The summed E-state index contributed by atoms with van der Waals surface area (Å²) in [6.45, 7) is 13.7. The molecule has 0 unspecified atom stereocenters. The van der Waals surface area contributed by atoms with Gasteiger partial charge in [0, 0.05) is 19.7 Å². The van der Waals surface area contributed by atoms with E-state index in [1.165, 1.54) is 11.1 Å². The lowest BCUT2D eigenvalue weighted by molar-refractivity contribution is 0.0657. The van der Waals surface area contributed by atoms with Gasteiger partial charge in [0.05, 0.1) is 19.3 Å². The Kier molecular flexibility index (Phi) is 11.1. The molecule has 0 aliphatic carbocycles. The van der Waals surface area contributed by atoms with Gasteiger partial charge in [-0.15, -0.1) is 0 Å². The fourth-order valence-electron chi connectivity index (χ4n) is 3.04. The van der Waals surface area contributed by atoms with Crippen LogP contribution in [-0.2, 0) is 17.9 Å². The number of aliphatic hydroxyl groups is 1. The van der Waals surface area contributed by atoms with Crippen LogP contribution in [0, 0.1) is 5.41 Å². The molecule has 154 valence electrons. The fraction of sp³-hybridized carbons (Fsp3) is 0.682. The highest BCUT2D eigenvalue weighted by molar-refractivity contribution is 5.79. The van der Waals surface area contributed by atoms with Crippen LogP contribution in [0.3, 0.4) is 0 Å². The van der Waals surface area contributed by atoms with Gasteiger partial charge in [0.15, 0.2) is 5.96 Å². The van der Waals surface area contributed by atoms with Crippen LogP contribution < -0.4 is 10.6 Å². The van der Waals surface area contributed by atoms with Gasteiger partial charge in [-0.1, -0.05) is 38.1 Å². The highest BCUT2D eigenvalue weighted by Gasteiger charge is 2.25. The predicted octanol–water partition coefficient (Wildman–Crippen LogP) is 3.86. The summed E-state index contributed by atoms with van der Waals surface area (Å²) in [5.41, 5.74) is 2.46. The lowest BCUT2D eigenvalue weighted by Gasteiger charge is -2.32. The first kappa shape index (κ1) is 23.4. The lowest BCUT2D eigenvalue weighted by Crippen LogP contribution is -2.43. The van der Waals surface area contributed by atoms with Gasteiger partial charge in [-0.3, -0.25) is 0 Å². The molecule has 0 bridgehead atoms. The van der Waals surface area contributed by atoms with E-state index < -0.39 is 0 Å². The average Bonchev–Trinajstić information content (AvgIpc) is 2.68. The normalized spacial score (nSPS) is 12.5. The maximum absolute atomic E-state index is 9.40. The number of aliphatic imine (C=N–C) groups is 1. The molecular formula is C22H39N3O2. The quantitative estimate of drug-likeness (QED) is 0.382. The third-order valence-corrected chi connectivity index (χ3v) is 5.11. The summed E-state index contributed by atoms with van der Waals surface area (Å²) in [5.74, 6) is 0.825. The molecule has 0 atom stereocenters. The van der Waals surface area contributed by atoms with Gasteiger partial charge in [0.1, 0.15) is 0 Å². The molecule has 0 aliphatic heterocycles. The molecule has 0 fully saturated rings. The van der Waals surface area contributed by atoms with Crippen LogP contribution in [-0.4, -0.2) is 36.9 Å². The first-order valence-electron chi connectivity index (χ1n) is 10.3.